The van der Waals surface area contributed by atoms with Crippen molar-refractivity contribution in [3.8, 4) is 0 Å². The molecule has 0 bridgehead atoms. The molecule has 1 N–H and O–H groups in total. The molecule has 0 saturated heterocycles. The molecule has 9 heteroatoms. The molecule has 0 aliphatic heterocycles. The standard InChI is InChI=1S/C16H10F8O/c17-14(18,19)12-9-5-4-8-11(12)13(25,10-6-2-1-3-7-10)15(20,21)16(22,23)24/h1-9,25H. The van der Waals surface area contributed by atoms with E-state index in [4.69, 9.17) is 0 Å². The molecule has 0 aliphatic rings. The highest BCUT2D eigenvalue weighted by atomic mass is 19.4. The summed E-state index contributed by atoms with van der Waals surface area (Å²) in [6, 6.07) is 7.11. The summed E-state index contributed by atoms with van der Waals surface area (Å²) >= 11 is 0. The SMILES string of the molecule is OC(c1ccccc1)(c1ccccc1C(F)(F)F)C(F)(F)C(F)(F)F. The molecule has 0 heterocycles. The second-order valence-corrected chi connectivity index (χ2v) is 5.19. The minimum atomic E-state index is -6.30. The smallest absolute Gasteiger partial charge is 0.374 e. The molecule has 25 heavy (non-hydrogen) atoms. The Bertz CT molecular complexity index is 736. The molecule has 1 atom stereocenters. The summed E-state index contributed by atoms with van der Waals surface area (Å²) in [6.45, 7) is 0. The molecular formula is C16H10F8O. The van der Waals surface area contributed by atoms with Gasteiger partial charge in [-0.2, -0.15) is 35.1 Å². The van der Waals surface area contributed by atoms with Gasteiger partial charge in [-0.1, -0.05) is 48.5 Å². The van der Waals surface area contributed by atoms with Crippen LogP contribution in [0.4, 0.5) is 35.1 Å². The molecule has 0 amide bonds. The Morgan fingerprint density at radius 2 is 1.04 bits per heavy atom. The van der Waals surface area contributed by atoms with Gasteiger partial charge in [0.25, 0.3) is 0 Å². The molecule has 1 nitrogen and oxygen atoms in total. The lowest BCUT2D eigenvalue weighted by molar-refractivity contribution is -0.337. The largest absolute Gasteiger partial charge is 0.457 e. The van der Waals surface area contributed by atoms with Crippen molar-refractivity contribution < 1.29 is 40.2 Å². The molecule has 136 valence electrons. The first-order chi connectivity index (χ1) is 11.3. The van der Waals surface area contributed by atoms with Crippen molar-refractivity contribution in [3.05, 3.63) is 71.3 Å². The van der Waals surface area contributed by atoms with Gasteiger partial charge in [0.2, 0.25) is 0 Å². The number of benzene rings is 2. The number of halogens is 8. The number of alkyl halides is 8. The zero-order chi connectivity index (χ0) is 19.1. The molecule has 0 fully saturated rings. The Morgan fingerprint density at radius 3 is 1.48 bits per heavy atom. The van der Waals surface area contributed by atoms with Gasteiger partial charge >= 0.3 is 18.3 Å². The average molecular weight is 370 g/mol. The summed E-state index contributed by atoms with van der Waals surface area (Å²) in [6.07, 6.45) is -11.5. The Balaban J connectivity index is 2.89. The van der Waals surface area contributed by atoms with Crippen LogP contribution >= 0.6 is 0 Å². The maximum Gasteiger partial charge on any atom is 0.457 e. The molecule has 0 spiro atoms. The van der Waals surface area contributed by atoms with E-state index in [2.05, 4.69) is 0 Å². The number of hydrogen-bond donors (Lipinski definition) is 1. The highest BCUT2D eigenvalue weighted by molar-refractivity contribution is 5.45. The van der Waals surface area contributed by atoms with E-state index in [-0.39, 0.29) is 0 Å². The van der Waals surface area contributed by atoms with Crippen molar-refractivity contribution in [2.75, 3.05) is 0 Å². The second kappa shape index (κ2) is 5.98. The monoisotopic (exact) mass is 370 g/mol. The van der Waals surface area contributed by atoms with Crippen molar-refractivity contribution >= 4 is 0 Å². The first kappa shape index (κ1) is 19.2. The van der Waals surface area contributed by atoms with E-state index < -0.39 is 40.6 Å². The third-order valence-electron chi connectivity index (χ3n) is 3.62. The zero-order valence-corrected chi connectivity index (χ0v) is 12.2. The van der Waals surface area contributed by atoms with E-state index in [1.54, 1.807) is 0 Å². The lowest BCUT2D eigenvalue weighted by Gasteiger charge is -2.38. The third kappa shape index (κ3) is 3.08. The van der Waals surface area contributed by atoms with Crippen LogP contribution in [0.25, 0.3) is 0 Å². The van der Waals surface area contributed by atoms with Crippen LogP contribution in [0, 0.1) is 0 Å². The first-order valence-electron chi connectivity index (χ1n) is 6.72. The first-order valence-corrected chi connectivity index (χ1v) is 6.72. The van der Waals surface area contributed by atoms with Gasteiger partial charge in [-0.15, -0.1) is 0 Å². The number of hydrogen-bond acceptors (Lipinski definition) is 1. The van der Waals surface area contributed by atoms with Gasteiger partial charge in [0, 0.05) is 5.56 Å². The van der Waals surface area contributed by atoms with Gasteiger partial charge in [-0.25, -0.2) is 0 Å². The number of rotatable bonds is 3. The second-order valence-electron chi connectivity index (χ2n) is 5.19. The van der Waals surface area contributed by atoms with Gasteiger partial charge in [0.15, 0.2) is 5.60 Å². The predicted octanol–water partition coefficient (Wildman–Crippen LogP) is 5.14. The summed E-state index contributed by atoms with van der Waals surface area (Å²) in [5.74, 6) is -5.89. The highest BCUT2D eigenvalue weighted by Crippen LogP contribution is 2.53. The van der Waals surface area contributed by atoms with Gasteiger partial charge in [0.05, 0.1) is 5.56 Å². The predicted molar refractivity (Wildman–Crippen MR) is 71.9 cm³/mol. The fourth-order valence-corrected chi connectivity index (χ4v) is 2.44. The van der Waals surface area contributed by atoms with Crippen molar-refractivity contribution in [1.29, 1.82) is 0 Å². The van der Waals surface area contributed by atoms with Gasteiger partial charge in [-0.05, 0) is 11.6 Å². The van der Waals surface area contributed by atoms with Crippen molar-refractivity contribution in [3.63, 3.8) is 0 Å². The summed E-state index contributed by atoms with van der Waals surface area (Å²) < 4.78 is 107. The van der Waals surface area contributed by atoms with Crippen molar-refractivity contribution in [2.24, 2.45) is 0 Å². The normalized spacial score (nSPS) is 15.7. The molecule has 0 aliphatic carbocycles. The van der Waals surface area contributed by atoms with Crippen molar-refractivity contribution in [2.45, 2.75) is 23.9 Å². The molecular weight excluding hydrogens is 360 g/mol. The van der Waals surface area contributed by atoms with E-state index in [9.17, 15) is 40.2 Å². The summed E-state index contributed by atoms with van der Waals surface area (Å²) in [4.78, 5) is 0. The topological polar surface area (TPSA) is 20.2 Å². The lowest BCUT2D eigenvalue weighted by Crippen LogP contribution is -2.56. The van der Waals surface area contributed by atoms with Crippen LogP contribution < -0.4 is 0 Å². The Kier molecular flexibility index (Phi) is 4.58. The Hall–Kier alpha value is -2.16. The van der Waals surface area contributed by atoms with Crippen LogP contribution in [0.2, 0.25) is 0 Å². The molecule has 0 aromatic heterocycles. The minimum Gasteiger partial charge on any atom is -0.374 e. The van der Waals surface area contributed by atoms with Crippen LogP contribution in [0.15, 0.2) is 54.6 Å². The summed E-state index contributed by atoms with van der Waals surface area (Å²) in [5, 5.41) is 10.4. The van der Waals surface area contributed by atoms with Gasteiger partial charge in [0.1, 0.15) is 0 Å². The summed E-state index contributed by atoms with van der Waals surface area (Å²) in [5.41, 5.74) is -8.66. The van der Waals surface area contributed by atoms with Crippen LogP contribution in [-0.4, -0.2) is 17.2 Å². The molecule has 2 aromatic rings. The van der Waals surface area contributed by atoms with Crippen molar-refractivity contribution in [1.82, 2.24) is 0 Å². The van der Waals surface area contributed by atoms with E-state index in [0.717, 1.165) is 24.3 Å². The van der Waals surface area contributed by atoms with Gasteiger partial charge in [-0.3, -0.25) is 0 Å². The summed E-state index contributed by atoms with van der Waals surface area (Å²) in [7, 11) is 0. The van der Waals surface area contributed by atoms with Crippen LogP contribution in [0.5, 0.6) is 0 Å². The molecule has 0 saturated carbocycles. The Morgan fingerprint density at radius 1 is 0.600 bits per heavy atom. The molecule has 2 aromatic carbocycles. The van der Waals surface area contributed by atoms with Crippen LogP contribution in [0.3, 0.4) is 0 Å². The van der Waals surface area contributed by atoms with Gasteiger partial charge < -0.3 is 5.11 Å². The van der Waals surface area contributed by atoms with Crippen LogP contribution in [0.1, 0.15) is 16.7 Å². The van der Waals surface area contributed by atoms with E-state index in [1.165, 1.54) is 6.07 Å². The quantitative estimate of drug-likeness (QED) is 0.742. The van der Waals surface area contributed by atoms with E-state index >= 15 is 0 Å². The lowest BCUT2D eigenvalue weighted by atomic mass is 9.78. The maximum absolute atomic E-state index is 14.2. The minimum absolute atomic E-state index is 0.329. The molecule has 1 unspecified atom stereocenters. The Labute approximate surface area is 136 Å². The highest BCUT2D eigenvalue weighted by Gasteiger charge is 2.72. The average Bonchev–Trinajstić information content (AvgIpc) is 2.53. The molecule has 0 radical (unpaired) electrons. The van der Waals surface area contributed by atoms with E-state index in [0.29, 0.717) is 24.3 Å². The fourth-order valence-electron chi connectivity index (χ4n) is 2.44. The van der Waals surface area contributed by atoms with Crippen LogP contribution in [-0.2, 0) is 11.8 Å². The fraction of sp³-hybridized carbons (Fsp3) is 0.250. The zero-order valence-electron chi connectivity index (χ0n) is 12.2. The maximum atomic E-state index is 14.2. The van der Waals surface area contributed by atoms with E-state index in [1.807, 2.05) is 0 Å². The third-order valence-corrected chi connectivity index (χ3v) is 3.62. The number of aliphatic hydroxyl groups is 1. The molecule has 2 rings (SSSR count).